The molecule has 8 heteroatoms. The number of hydrogen-bond acceptors (Lipinski definition) is 4. The number of rotatable bonds is 4. The largest absolute Gasteiger partial charge is 0.490 e. The third kappa shape index (κ3) is 7.74. The first-order chi connectivity index (χ1) is 12.7. The van der Waals surface area contributed by atoms with Crippen LogP contribution in [-0.2, 0) is 11.3 Å². The molecule has 0 unspecified atom stereocenters. The van der Waals surface area contributed by atoms with Gasteiger partial charge >= 0.3 is 18.1 Å². The summed E-state index contributed by atoms with van der Waals surface area (Å²) in [6, 6.07) is 14.5. The topological polar surface area (TPSA) is 89.6 Å². The summed E-state index contributed by atoms with van der Waals surface area (Å²) in [5, 5.41) is 7.12. The maximum absolute atomic E-state index is 12.0. The zero-order valence-electron chi connectivity index (χ0n) is 14.4. The minimum absolute atomic E-state index is 0.368. The molecule has 2 rings (SSSR count). The van der Waals surface area contributed by atoms with Crippen LogP contribution < -0.4 is 10.5 Å². The molecule has 144 valence electrons. The number of hydrogen-bond donors (Lipinski definition) is 2. The summed E-state index contributed by atoms with van der Waals surface area (Å²) < 4.78 is 37.0. The lowest BCUT2D eigenvalue weighted by atomic mass is 10.1. The van der Waals surface area contributed by atoms with Crippen LogP contribution in [0.25, 0.3) is 6.08 Å². The van der Waals surface area contributed by atoms with Crippen molar-refractivity contribution in [3.05, 3.63) is 71.3 Å². The second kappa shape index (κ2) is 10.1. The van der Waals surface area contributed by atoms with Crippen molar-refractivity contribution in [1.82, 2.24) is 0 Å². The fourth-order valence-corrected chi connectivity index (χ4v) is 1.78. The van der Waals surface area contributed by atoms with Crippen molar-refractivity contribution in [3.63, 3.8) is 0 Å². The van der Waals surface area contributed by atoms with Crippen molar-refractivity contribution in [3.8, 4) is 5.75 Å². The Labute approximate surface area is 153 Å². The number of carbonyl (C=O) groups is 2. The average Bonchev–Trinajstić information content (AvgIpc) is 2.63. The Hall–Kier alpha value is -3.13. The first-order valence-electron chi connectivity index (χ1n) is 7.71. The fraction of sp³-hybridized carbons (Fsp3) is 0.158. The second-order valence-corrected chi connectivity index (χ2v) is 5.16. The second-order valence-electron chi connectivity index (χ2n) is 5.16. The number of benzene rings is 2. The summed E-state index contributed by atoms with van der Waals surface area (Å²) in [5.41, 5.74) is 8.08. The van der Waals surface area contributed by atoms with Gasteiger partial charge in [0.25, 0.3) is 0 Å². The van der Waals surface area contributed by atoms with E-state index in [1.807, 2.05) is 43.3 Å². The van der Waals surface area contributed by atoms with E-state index in [4.69, 9.17) is 20.4 Å². The van der Waals surface area contributed by atoms with E-state index in [-0.39, 0.29) is 5.97 Å². The molecule has 5 nitrogen and oxygen atoms in total. The molecule has 0 radical (unpaired) electrons. The van der Waals surface area contributed by atoms with Crippen LogP contribution >= 0.6 is 0 Å². The summed E-state index contributed by atoms with van der Waals surface area (Å²) >= 11 is 0. The van der Waals surface area contributed by atoms with E-state index in [0.29, 0.717) is 17.9 Å². The van der Waals surface area contributed by atoms with Crippen LogP contribution in [0.1, 0.15) is 28.4 Å². The number of carbonyl (C=O) groups excluding carboxylic acids is 1. The van der Waals surface area contributed by atoms with Crippen LogP contribution in [-0.4, -0.2) is 23.2 Å². The van der Waals surface area contributed by atoms with Crippen LogP contribution in [0.4, 0.5) is 13.2 Å². The van der Waals surface area contributed by atoms with Gasteiger partial charge in [0, 0.05) is 6.54 Å². The summed E-state index contributed by atoms with van der Waals surface area (Å²) in [7, 11) is 0. The Kier molecular flexibility index (Phi) is 8.22. The third-order valence-electron chi connectivity index (χ3n) is 3.12. The van der Waals surface area contributed by atoms with Crippen LogP contribution in [0.3, 0.4) is 0 Å². The van der Waals surface area contributed by atoms with Gasteiger partial charge in [-0.15, -0.1) is 0 Å². The zero-order valence-corrected chi connectivity index (χ0v) is 14.4. The van der Waals surface area contributed by atoms with Crippen LogP contribution in [0, 0.1) is 0 Å². The minimum atomic E-state index is -5.08. The number of nitrogens with two attached hydrogens (primary N) is 1. The number of aliphatic carboxylic acids is 1. The summed E-state index contributed by atoms with van der Waals surface area (Å²) in [4.78, 5) is 20.9. The number of alkyl halides is 3. The smallest absolute Gasteiger partial charge is 0.475 e. The van der Waals surface area contributed by atoms with Crippen molar-refractivity contribution in [1.29, 1.82) is 0 Å². The van der Waals surface area contributed by atoms with E-state index >= 15 is 0 Å². The zero-order chi connectivity index (χ0) is 20.4. The molecule has 0 aliphatic heterocycles. The molecular weight excluding hydrogens is 363 g/mol. The molecule has 2 aromatic rings. The standard InChI is InChI=1S/C17H17NO2.C2HF3O2/c1-2-3-13-6-10-16(11-7-13)20-17(19)15-8-4-14(12-18)5-9-15;3-2(4,5)1(6)7/h2-11H,12,18H2,1H3;(H,6,7)/b3-2+;. The molecule has 0 amide bonds. The molecular formula is C19H18F3NO4. The van der Waals surface area contributed by atoms with E-state index in [0.717, 1.165) is 11.1 Å². The summed E-state index contributed by atoms with van der Waals surface area (Å²) in [5.74, 6) is -2.59. The van der Waals surface area contributed by atoms with E-state index in [9.17, 15) is 18.0 Å². The van der Waals surface area contributed by atoms with Crippen LogP contribution in [0.2, 0.25) is 0 Å². The summed E-state index contributed by atoms with van der Waals surface area (Å²) in [6.45, 7) is 2.42. The Morgan fingerprint density at radius 1 is 1.07 bits per heavy atom. The van der Waals surface area contributed by atoms with Crippen molar-refractivity contribution < 1.29 is 32.6 Å². The molecule has 0 aliphatic carbocycles. The van der Waals surface area contributed by atoms with Gasteiger partial charge in [-0.3, -0.25) is 0 Å². The minimum Gasteiger partial charge on any atom is -0.475 e. The van der Waals surface area contributed by atoms with Crippen molar-refractivity contribution in [2.24, 2.45) is 5.73 Å². The molecule has 27 heavy (non-hydrogen) atoms. The SMILES string of the molecule is C/C=C/c1ccc(OC(=O)c2ccc(CN)cc2)cc1.O=C(O)C(F)(F)F. The molecule has 0 heterocycles. The van der Waals surface area contributed by atoms with Gasteiger partial charge in [0.05, 0.1) is 5.56 Å². The van der Waals surface area contributed by atoms with Crippen molar-refractivity contribution >= 4 is 18.0 Å². The highest BCUT2D eigenvalue weighted by atomic mass is 19.4. The van der Waals surface area contributed by atoms with E-state index in [1.54, 1.807) is 24.3 Å². The Morgan fingerprint density at radius 2 is 1.59 bits per heavy atom. The average molecular weight is 381 g/mol. The molecule has 0 fully saturated rings. The molecule has 0 bridgehead atoms. The van der Waals surface area contributed by atoms with Gasteiger partial charge in [0.2, 0.25) is 0 Å². The Morgan fingerprint density at radius 3 is 2.00 bits per heavy atom. The van der Waals surface area contributed by atoms with Gasteiger partial charge in [-0.1, -0.05) is 36.4 Å². The lowest BCUT2D eigenvalue weighted by Crippen LogP contribution is -2.21. The van der Waals surface area contributed by atoms with E-state index in [1.165, 1.54) is 0 Å². The number of halogens is 3. The molecule has 0 saturated carbocycles. The third-order valence-corrected chi connectivity index (χ3v) is 3.12. The normalized spacial score (nSPS) is 10.9. The van der Waals surface area contributed by atoms with Gasteiger partial charge in [-0.05, 0) is 42.3 Å². The van der Waals surface area contributed by atoms with Gasteiger partial charge < -0.3 is 15.6 Å². The Balaban J connectivity index is 0.000000445. The van der Waals surface area contributed by atoms with Crippen LogP contribution in [0.5, 0.6) is 5.75 Å². The molecule has 2 aromatic carbocycles. The number of allylic oxidation sites excluding steroid dienone is 1. The first kappa shape index (κ1) is 21.9. The lowest BCUT2D eigenvalue weighted by molar-refractivity contribution is -0.192. The highest BCUT2D eigenvalue weighted by molar-refractivity contribution is 5.91. The molecule has 0 aromatic heterocycles. The Bertz CT molecular complexity index is 782. The van der Waals surface area contributed by atoms with Crippen LogP contribution in [0.15, 0.2) is 54.6 Å². The molecule has 0 saturated heterocycles. The maximum atomic E-state index is 12.0. The van der Waals surface area contributed by atoms with Gasteiger partial charge in [-0.2, -0.15) is 13.2 Å². The number of carboxylic acids is 1. The predicted molar refractivity (Wildman–Crippen MR) is 94.1 cm³/mol. The molecule has 3 N–H and O–H groups in total. The van der Waals surface area contributed by atoms with Crippen molar-refractivity contribution in [2.45, 2.75) is 19.6 Å². The molecule has 0 spiro atoms. The summed E-state index contributed by atoms with van der Waals surface area (Å²) in [6.07, 6.45) is -1.14. The number of esters is 1. The fourth-order valence-electron chi connectivity index (χ4n) is 1.78. The number of carboxylic acid groups (broad SMARTS) is 1. The predicted octanol–water partition coefficient (Wildman–Crippen LogP) is 4.03. The monoisotopic (exact) mass is 381 g/mol. The van der Waals surface area contributed by atoms with E-state index in [2.05, 4.69) is 0 Å². The van der Waals surface area contributed by atoms with Gasteiger partial charge in [0.15, 0.2) is 0 Å². The lowest BCUT2D eigenvalue weighted by Gasteiger charge is -2.05. The molecule has 0 atom stereocenters. The van der Waals surface area contributed by atoms with Crippen molar-refractivity contribution in [2.75, 3.05) is 0 Å². The quantitative estimate of drug-likeness (QED) is 0.616. The van der Waals surface area contributed by atoms with Gasteiger partial charge in [0.1, 0.15) is 5.75 Å². The number of ether oxygens (including phenoxy) is 1. The highest BCUT2D eigenvalue weighted by Gasteiger charge is 2.38. The molecule has 0 aliphatic rings. The first-order valence-corrected chi connectivity index (χ1v) is 7.71. The van der Waals surface area contributed by atoms with E-state index < -0.39 is 12.1 Å². The van der Waals surface area contributed by atoms with Gasteiger partial charge in [-0.25, -0.2) is 9.59 Å². The highest BCUT2D eigenvalue weighted by Crippen LogP contribution is 2.15. The maximum Gasteiger partial charge on any atom is 0.490 e.